The Hall–Kier alpha value is -3.41. The smallest absolute Gasteiger partial charge is 0.267 e. The van der Waals surface area contributed by atoms with Crippen LogP contribution in [0, 0.1) is 0 Å². The topological polar surface area (TPSA) is 71.5 Å². The van der Waals surface area contributed by atoms with Gasteiger partial charge in [0, 0.05) is 24.2 Å². The summed E-state index contributed by atoms with van der Waals surface area (Å²) in [7, 11) is 1.70. The van der Waals surface area contributed by atoms with E-state index in [1.54, 1.807) is 43.3 Å². The summed E-state index contributed by atoms with van der Waals surface area (Å²) in [6, 6.07) is 14.5. The fourth-order valence-corrected chi connectivity index (χ4v) is 3.06. The minimum Gasteiger partial charge on any atom is -0.479 e. The number of nitrogens with zero attached hydrogens (tertiary/aromatic N) is 2. The van der Waals surface area contributed by atoms with Crippen molar-refractivity contribution in [3.05, 3.63) is 60.3 Å². The Morgan fingerprint density at radius 1 is 1.19 bits per heavy atom. The van der Waals surface area contributed by atoms with E-state index in [1.807, 2.05) is 30.3 Å². The van der Waals surface area contributed by atoms with Crippen LogP contribution >= 0.6 is 0 Å². The summed E-state index contributed by atoms with van der Waals surface area (Å²) in [6.07, 6.45) is 1.12. The predicted octanol–water partition coefficient (Wildman–Crippen LogP) is 3.23. The zero-order chi connectivity index (χ0) is 18.3. The Morgan fingerprint density at radius 3 is 2.85 bits per heavy atom. The van der Waals surface area contributed by atoms with Crippen LogP contribution in [0.4, 0.5) is 11.4 Å². The number of rotatable bonds is 2. The van der Waals surface area contributed by atoms with Crippen LogP contribution in [0.1, 0.15) is 17.3 Å². The molecule has 26 heavy (non-hydrogen) atoms. The molecule has 0 bridgehead atoms. The van der Waals surface area contributed by atoms with Gasteiger partial charge in [0.05, 0.1) is 16.9 Å². The van der Waals surface area contributed by atoms with Crippen molar-refractivity contribution in [2.75, 3.05) is 17.3 Å². The third-order valence-corrected chi connectivity index (χ3v) is 4.45. The lowest BCUT2D eigenvalue weighted by Crippen LogP contribution is -2.42. The quantitative estimate of drug-likeness (QED) is 0.772. The van der Waals surface area contributed by atoms with E-state index in [-0.39, 0.29) is 11.8 Å². The van der Waals surface area contributed by atoms with E-state index in [2.05, 4.69) is 10.3 Å². The van der Waals surface area contributed by atoms with E-state index < -0.39 is 6.10 Å². The van der Waals surface area contributed by atoms with E-state index in [4.69, 9.17) is 4.74 Å². The summed E-state index contributed by atoms with van der Waals surface area (Å²) in [5.41, 5.74) is 2.48. The summed E-state index contributed by atoms with van der Waals surface area (Å²) in [6.45, 7) is 1.69. The molecule has 1 atom stereocenters. The lowest BCUT2D eigenvalue weighted by atomic mass is 10.1. The average molecular weight is 347 g/mol. The van der Waals surface area contributed by atoms with Gasteiger partial charge in [-0.15, -0.1) is 0 Å². The third-order valence-electron chi connectivity index (χ3n) is 4.45. The molecule has 0 spiro atoms. The van der Waals surface area contributed by atoms with Crippen molar-refractivity contribution in [2.45, 2.75) is 13.0 Å². The van der Waals surface area contributed by atoms with Crippen LogP contribution in [0.2, 0.25) is 0 Å². The molecule has 0 saturated heterocycles. The van der Waals surface area contributed by atoms with Crippen molar-refractivity contribution in [3.63, 3.8) is 0 Å². The van der Waals surface area contributed by atoms with E-state index >= 15 is 0 Å². The first-order valence-corrected chi connectivity index (χ1v) is 8.28. The molecule has 6 heteroatoms. The Labute approximate surface area is 150 Å². The zero-order valence-electron chi connectivity index (χ0n) is 14.4. The van der Waals surface area contributed by atoms with Crippen molar-refractivity contribution >= 4 is 34.1 Å². The molecule has 3 aromatic rings. The molecule has 2 amide bonds. The highest BCUT2D eigenvalue weighted by molar-refractivity contribution is 6.09. The number of para-hydroxylation sites is 1. The molecule has 2 heterocycles. The van der Waals surface area contributed by atoms with Gasteiger partial charge in [-0.3, -0.25) is 14.6 Å². The lowest BCUT2D eigenvalue weighted by Gasteiger charge is -2.30. The molecule has 1 N–H and O–H groups in total. The first-order valence-electron chi connectivity index (χ1n) is 8.28. The number of hydrogen-bond acceptors (Lipinski definition) is 4. The van der Waals surface area contributed by atoms with Gasteiger partial charge >= 0.3 is 0 Å². The maximum absolute atomic E-state index is 12.7. The van der Waals surface area contributed by atoms with Crippen LogP contribution in [0.5, 0.6) is 5.75 Å². The number of likely N-dealkylation sites (N-methyl/N-ethyl adjacent to an activating group) is 1. The van der Waals surface area contributed by atoms with E-state index in [0.29, 0.717) is 22.7 Å². The second kappa shape index (κ2) is 6.15. The zero-order valence-corrected chi connectivity index (χ0v) is 14.4. The highest BCUT2D eigenvalue weighted by Gasteiger charge is 2.29. The molecule has 0 aliphatic carbocycles. The van der Waals surface area contributed by atoms with Crippen molar-refractivity contribution < 1.29 is 14.3 Å². The van der Waals surface area contributed by atoms with Gasteiger partial charge < -0.3 is 15.0 Å². The number of anilines is 2. The fourth-order valence-electron chi connectivity index (χ4n) is 3.06. The monoisotopic (exact) mass is 347 g/mol. The Morgan fingerprint density at radius 2 is 2.00 bits per heavy atom. The Bertz CT molecular complexity index is 1030. The van der Waals surface area contributed by atoms with Crippen LogP contribution in [0.25, 0.3) is 10.9 Å². The van der Waals surface area contributed by atoms with Gasteiger partial charge in [0.2, 0.25) is 0 Å². The second-order valence-electron chi connectivity index (χ2n) is 6.17. The van der Waals surface area contributed by atoms with E-state index in [0.717, 1.165) is 10.9 Å². The molecule has 2 aromatic carbocycles. The first-order chi connectivity index (χ1) is 12.5. The highest BCUT2D eigenvalue weighted by atomic mass is 16.5. The van der Waals surface area contributed by atoms with Gasteiger partial charge in [0.15, 0.2) is 6.10 Å². The molecular formula is C20H17N3O3. The Kier molecular flexibility index (Phi) is 3.80. The number of benzene rings is 2. The van der Waals surface area contributed by atoms with E-state index in [1.165, 1.54) is 0 Å². The van der Waals surface area contributed by atoms with Gasteiger partial charge in [0.25, 0.3) is 11.8 Å². The van der Waals surface area contributed by atoms with Crippen LogP contribution in [-0.4, -0.2) is 29.9 Å². The summed E-state index contributed by atoms with van der Waals surface area (Å²) in [5, 5.41) is 3.85. The van der Waals surface area contributed by atoms with Crippen molar-refractivity contribution in [1.82, 2.24) is 4.98 Å². The third kappa shape index (κ3) is 2.65. The fraction of sp³-hybridized carbons (Fsp3) is 0.150. The molecule has 1 aliphatic rings. The lowest BCUT2D eigenvalue weighted by molar-refractivity contribution is -0.125. The molecule has 4 rings (SSSR count). The van der Waals surface area contributed by atoms with Crippen LogP contribution in [0.3, 0.4) is 0 Å². The molecule has 1 unspecified atom stereocenters. The van der Waals surface area contributed by atoms with Gasteiger partial charge in [0.1, 0.15) is 5.75 Å². The van der Waals surface area contributed by atoms with Crippen molar-refractivity contribution in [3.8, 4) is 5.75 Å². The predicted molar refractivity (Wildman–Crippen MR) is 99.6 cm³/mol. The molecule has 130 valence electrons. The average Bonchev–Trinajstić information content (AvgIpc) is 2.66. The maximum atomic E-state index is 12.7. The van der Waals surface area contributed by atoms with Gasteiger partial charge in [-0.2, -0.15) is 0 Å². The summed E-state index contributed by atoms with van der Waals surface area (Å²) in [5.74, 6) is 0.140. The van der Waals surface area contributed by atoms with Crippen LogP contribution in [-0.2, 0) is 4.79 Å². The van der Waals surface area contributed by atoms with Gasteiger partial charge in [-0.05, 0) is 37.3 Å². The molecule has 0 fully saturated rings. The number of hydrogen-bond donors (Lipinski definition) is 1. The number of carbonyl (C=O) groups is 2. The maximum Gasteiger partial charge on any atom is 0.267 e. The number of amides is 2. The van der Waals surface area contributed by atoms with Gasteiger partial charge in [-0.25, -0.2) is 0 Å². The molecule has 0 radical (unpaired) electrons. The molecular weight excluding hydrogens is 330 g/mol. The second-order valence-corrected chi connectivity index (χ2v) is 6.17. The minimum absolute atomic E-state index is 0.114. The number of pyridine rings is 1. The van der Waals surface area contributed by atoms with Crippen molar-refractivity contribution in [1.29, 1.82) is 0 Å². The molecule has 1 aliphatic heterocycles. The van der Waals surface area contributed by atoms with Crippen LogP contribution in [0.15, 0.2) is 54.7 Å². The molecule has 1 aromatic heterocycles. The number of ether oxygens (including phenoxy) is 1. The minimum atomic E-state index is -0.576. The standard InChI is InChI=1S/C20H17N3O3/c1-12-20(25)23(2)16-9-8-14(11-17(16)26-12)19(24)22-15-7-3-5-13-6-4-10-21-18(13)15/h3-12H,1-2H3,(H,22,24). The first kappa shape index (κ1) is 16.1. The number of carbonyl (C=O) groups excluding carboxylic acids is 2. The summed E-state index contributed by atoms with van der Waals surface area (Å²) < 4.78 is 5.64. The molecule has 0 saturated carbocycles. The largest absolute Gasteiger partial charge is 0.479 e. The summed E-state index contributed by atoms with van der Waals surface area (Å²) >= 11 is 0. The highest BCUT2D eigenvalue weighted by Crippen LogP contribution is 2.34. The van der Waals surface area contributed by atoms with Gasteiger partial charge in [-0.1, -0.05) is 18.2 Å². The number of nitrogens with one attached hydrogen (secondary N) is 1. The Balaban J connectivity index is 1.65. The number of fused-ring (bicyclic) bond motifs is 2. The number of aromatic nitrogens is 1. The van der Waals surface area contributed by atoms with E-state index in [9.17, 15) is 9.59 Å². The van der Waals surface area contributed by atoms with Crippen molar-refractivity contribution in [2.24, 2.45) is 0 Å². The van der Waals surface area contributed by atoms with Crippen LogP contribution < -0.4 is 15.0 Å². The molecule has 6 nitrogen and oxygen atoms in total. The normalized spacial score (nSPS) is 16.2. The SMILES string of the molecule is CC1Oc2cc(C(=O)Nc3cccc4cccnc34)ccc2N(C)C1=O. The summed E-state index contributed by atoms with van der Waals surface area (Å²) in [4.78, 5) is 30.6.